The molecule has 1 aliphatic carbocycles. The molecular weight excluding hydrogens is 524 g/mol. The van der Waals surface area contributed by atoms with Crippen LogP contribution in [0.2, 0.25) is 5.02 Å². The minimum absolute atomic E-state index is 0.0640. The third kappa shape index (κ3) is 5.56. The Hall–Kier alpha value is -3.12. The van der Waals surface area contributed by atoms with Crippen molar-refractivity contribution in [2.24, 2.45) is 10.8 Å². The van der Waals surface area contributed by atoms with Crippen molar-refractivity contribution in [3.8, 4) is 0 Å². The first-order valence-corrected chi connectivity index (χ1v) is 14.6. The van der Waals surface area contributed by atoms with E-state index in [0.717, 1.165) is 36.9 Å². The molecule has 2 bridgehead atoms. The number of carbonyl (C=O) groups excluding carboxylic acids is 3. The van der Waals surface area contributed by atoms with E-state index >= 15 is 0 Å². The van der Waals surface area contributed by atoms with Crippen molar-refractivity contribution in [1.29, 1.82) is 0 Å². The van der Waals surface area contributed by atoms with Crippen LogP contribution in [0, 0.1) is 10.8 Å². The van der Waals surface area contributed by atoms with E-state index < -0.39 is 11.9 Å². The average molecular weight is 563 g/mol. The maximum absolute atomic E-state index is 13.5. The molecule has 3 unspecified atom stereocenters. The van der Waals surface area contributed by atoms with Gasteiger partial charge in [-0.3, -0.25) is 9.59 Å². The van der Waals surface area contributed by atoms with Gasteiger partial charge in [0.2, 0.25) is 5.91 Å². The van der Waals surface area contributed by atoms with Crippen molar-refractivity contribution in [3.05, 3.63) is 81.5 Å². The number of halogens is 1. The van der Waals surface area contributed by atoms with Gasteiger partial charge in [-0.25, -0.2) is 4.79 Å². The molecule has 2 heterocycles. The van der Waals surface area contributed by atoms with Gasteiger partial charge in [0, 0.05) is 41.2 Å². The van der Waals surface area contributed by atoms with Gasteiger partial charge in [0.1, 0.15) is 0 Å². The van der Waals surface area contributed by atoms with E-state index in [1.165, 1.54) is 0 Å². The first-order chi connectivity index (χ1) is 18.9. The van der Waals surface area contributed by atoms with Gasteiger partial charge in [-0.1, -0.05) is 56.6 Å². The molecule has 0 aromatic heterocycles. The summed E-state index contributed by atoms with van der Waals surface area (Å²) in [5.74, 6) is -0.790. The van der Waals surface area contributed by atoms with E-state index in [9.17, 15) is 14.4 Å². The number of esters is 1. The second-order valence-corrected chi connectivity index (χ2v) is 13.3. The summed E-state index contributed by atoms with van der Waals surface area (Å²) in [6.07, 6.45) is 3.41. The molecular formula is C33H39ClN2O4. The number of carbonyl (C=O) groups is 3. The number of ether oxygens (including phenoxy) is 1. The highest BCUT2D eigenvalue weighted by Gasteiger charge is 2.51. The maximum Gasteiger partial charge on any atom is 0.336 e. The summed E-state index contributed by atoms with van der Waals surface area (Å²) in [5, 5.41) is 0.596. The molecule has 1 saturated heterocycles. The lowest BCUT2D eigenvalue weighted by Crippen LogP contribution is -2.38. The Morgan fingerprint density at radius 3 is 2.35 bits per heavy atom. The highest BCUT2D eigenvalue weighted by atomic mass is 35.5. The standard InChI is InChI=1S/C33H39ClN2O4/c1-6-40-31(39)29-21(2)35(28(37)15-27(29)23-11-13-25(34)14-12-23)18-22-7-9-24(10-8-22)30(38)36-20-33(5)17-26(36)16-32(3,4)19-33/h7-14,26-27H,6,15-20H2,1-5H3. The van der Waals surface area contributed by atoms with Crippen LogP contribution in [0.4, 0.5) is 0 Å². The lowest BCUT2D eigenvalue weighted by atomic mass is 9.65. The lowest BCUT2D eigenvalue weighted by molar-refractivity contribution is -0.140. The highest BCUT2D eigenvalue weighted by Crippen LogP contribution is 2.52. The zero-order chi connectivity index (χ0) is 28.8. The smallest absolute Gasteiger partial charge is 0.336 e. The lowest BCUT2D eigenvalue weighted by Gasteiger charge is -2.39. The van der Waals surface area contributed by atoms with Crippen molar-refractivity contribution in [1.82, 2.24) is 9.80 Å². The average Bonchev–Trinajstić information content (AvgIpc) is 3.15. The van der Waals surface area contributed by atoms with Crippen molar-refractivity contribution in [2.75, 3.05) is 13.2 Å². The van der Waals surface area contributed by atoms with Crippen LogP contribution >= 0.6 is 11.6 Å². The van der Waals surface area contributed by atoms with Crippen molar-refractivity contribution in [2.45, 2.75) is 78.8 Å². The molecule has 1 saturated carbocycles. The van der Waals surface area contributed by atoms with Crippen molar-refractivity contribution < 1.29 is 19.1 Å². The maximum atomic E-state index is 13.5. The molecule has 6 nitrogen and oxygen atoms in total. The summed E-state index contributed by atoms with van der Waals surface area (Å²) in [5.41, 5.74) is 3.93. The van der Waals surface area contributed by atoms with E-state index in [0.29, 0.717) is 28.4 Å². The van der Waals surface area contributed by atoms with Crippen LogP contribution < -0.4 is 0 Å². The summed E-state index contributed by atoms with van der Waals surface area (Å²) in [7, 11) is 0. The molecule has 2 aromatic rings. The Morgan fingerprint density at radius 2 is 1.70 bits per heavy atom. The minimum Gasteiger partial charge on any atom is -0.463 e. The number of allylic oxidation sites excluding steroid dienone is 1. The van der Waals surface area contributed by atoms with Crippen LogP contribution in [-0.4, -0.2) is 46.8 Å². The van der Waals surface area contributed by atoms with Crippen LogP contribution in [0.15, 0.2) is 59.8 Å². The van der Waals surface area contributed by atoms with Crippen LogP contribution in [0.3, 0.4) is 0 Å². The normalized spacial score (nSPS) is 25.8. The van der Waals surface area contributed by atoms with Gasteiger partial charge in [-0.2, -0.15) is 0 Å². The van der Waals surface area contributed by atoms with Gasteiger partial charge in [0.25, 0.3) is 5.91 Å². The Morgan fingerprint density at radius 1 is 1.02 bits per heavy atom. The Kier molecular flexibility index (Phi) is 7.60. The Labute approximate surface area is 242 Å². The third-order valence-corrected chi connectivity index (χ3v) is 9.06. The number of nitrogens with zero attached hydrogens (tertiary/aromatic N) is 2. The SMILES string of the molecule is CCOC(=O)C1=C(C)N(Cc2ccc(C(=O)N3CC4(C)CC3CC(C)(C)C4)cc2)C(=O)CC1c1ccc(Cl)cc1. The fraction of sp³-hybridized carbons (Fsp3) is 0.485. The zero-order valence-corrected chi connectivity index (χ0v) is 24.9. The van der Waals surface area contributed by atoms with Crippen LogP contribution in [0.5, 0.6) is 0 Å². The number of hydrogen-bond donors (Lipinski definition) is 0. The molecule has 40 heavy (non-hydrogen) atoms. The summed E-state index contributed by atoms with van der Waals surface area (Å²) in [6, 6.07) is 15.1. The molecule has 7 heteroatoms. The number of rotatable bonds is 6. The van der Waals surface area contributed by atoms with E-state index in [1.54, 1.807) is 30.9 Å². The molecule has 2 amide bonds. The van der Waals surface area contributed by atoms with Gasteiger partial charge in [0.05, 0.1) is 18.7 Å². The Balaban J connectivity index is 1.36. The zero-order valence-electron chi connectivity index (χ0n) is 24.1. The Bertz CT molecular complexity index is 1350. The first kappa shape index (κ1) is 28.4. The molecule has 0 radical (unpaired) electrons. The fourth-order valence-electron chi connectivity index (χ4n) is 7.46. The summed E-state index contributed by atoms with van der Waals surface area (Å²) >= 11 is 6.08. The van der Waals surface area contributed by atoms with E-state index in [4.69, 9.17) is 16.3 Å². The van der Waals surface area contributed by atoms with Crippen molar-refractivity contribution >= 4 is 29.4 Å². The van der Waals surface area contributed by atoms with E-state index in [1.807, 2.05) is 36.4 Å². The molecule has 3 atom stereocenters. The second-order valence-electron chi connectivity index (χ2n) is 12.9. The number of likely N-dealkylation sites (tertiary alicyclic amines) is 1. The molecule has 2 aromatic carbocycles. The number of hydrogen-bond acceptors (Lipinski definition) is 4. The minimum atomic E-state index is -0.411. The number of fused-ring (bicyclic) bond motifs is 2. The van der Waals surface area contributed by atoms with Gasteiger partial charge in [-0.15, -0.1) is 0 Å². The van der Waals surface area contributed by atoms with Crippen LogP contribution in [-0.2, 0) is 20.9 Å². The topological polar surface area (TPSA) is 66.9 Å². The molecule has 212 valence electrons. The summed E-state index contributed by atoms with van der Waals surface area (Å²) in [4.78, 5) is 43.7. The summed E-state index contributed by atoms with van der Waals surface area (Å²) in [6.45, 7) is 11.9. The molecule has 5 rings (SSSR count). The van der Waals surface area contributed by atoms with Crippen molar-refractivity contribution in [3.63, 3.8) is 0 Å². The molecule has 2 aliphatic heterocycles. The first-order valence-electron chi connectivity index (χ1n) is 14.2. The highest BCUT2D eigenvalue weighted by molar-refractivity contribution is 6.30. The number of benzene rings is 2. The van der Waals surface area contributed by atoms with E-state index in [2.05, 4.69) is 25.7 Å². The second kappa shape index (κ2) is 10.7. The predicted octanol–water partition coefficient (Wildman–Crippen LogP) is 6.73. The molecule has 0 N–H and O–H groups in total. The quantitative estimate of drug-likeness (QED) is 0.366. The monoisotopic (exact) mass is 562 g/mol. The van der Waals surface area contributed by atoms with Crippen LogP contribution in [0.1, 0.15) is 87.7 Å². The molecule has 0 spiro atoms. The van der Waals surface area contributed by atoms with Gasteiger partial charge in [0.15, 0.2) is 0 Å². The van der Waals surface area contributed by atoms with Gasteiger partial charge >= 0.3 is 5.97 Å². The third-order valence-electron chi connectivity index (χ3n) is 8.81. The van der Waals surface area contributed by atoms with E-state index in [-0.39, 0.29) is 41.7 Å². The largest absolute Gasteiger partial charge is 0.463 e. The molecule has 2 fully saturated rings. The fourth-order valence-corrected chi connectivity index (χ4v) is 7.58. The predicted molar refractivity (Wildman–Crippen MR) is 156 cm³/mol. The summed E-state index contributed by atoms with van der Waals surface area (Å²) < 4.78 is 5.40. The van der Waals surface area contributed by atoms with Crippen LogP contribution in [0.25, 0.3) is 0 Å². The number of amides is 2. The molecule has 3 aliphatic rings. The van der Waals surface area contributed by atoms with Gasteiger partial charge in [-0.05, 0) is 79.3 Å². The van der Waals surface area contributed by atoms with Gasteiger partial charge < -0.3 is 14.5 Å².